The van der Waals surface area contributed by atoms with Gasteiger partial charge in [-0.3, -0.25) is 9.59 Å². The van der Waals surface area contributed by atoms with Crippen LogP contribution in [-0.4, -0.2) is 37.9 Å². The van der Waals surface area contributed by atoms with Gasteiger partial charge in [-0.25, -0.2) is 15.0 Å². The Balaban J connectivity index is 1.66. The number of carbonyl (C=O) groups is 2. The molecule has 182 valence electrons. The Morgan fingerprint density at radius 1 is 1.18 bits per heavy atom. The molecule has 3 N–H and O–H groups in total. The van der Waals surface area contributed by atoms with Crippen molar-refractivity contribution in [2.24, 2.45) is 7.05 Å². The summed E-state index contributed by atoms with van der Waals surface area (Å²) in [7, 11) is 1.71. The molecule has 0 saturated carbocycles. The number of amides is 2. The molecule has 1 atom stereocenters. The molecule has 0 bridgehead atoms. The number of rotatable bonds is 8. The summed E-state index contributed by atoms with van der Waals surface area (Å²) >= 11 is 6.54. The molecule has 0 aliphatic rings. The fourth-order valence-electron chi connectivity index (χ4n) is 2.85. The average molecular weight is 516 g/mol. The summed E-state index contributed by atoms with van der Waals surface area (Å²) in [6, 6.07) is 0.120. The van der Waals surface area contributed by atoms with Crippen molar-refractivity contribution in [1.82, 2.24) is 24.8 Å². The molecular weight excluding hydrogens is 495 g/mol. The van der Waals surface area contributed by atoms with Crippen LogP contribution in [0.4, 0.5) is 24.9 Å². The predicted octanol–water partition coefficient (Wildman–Crippen LogP) is 4.51. The second kappa shape index (κ2) is 10.4. The maximum atomic E-state index is 13.0. The van der Waals surface area contributed by atoms with E-state index in [9.17, 15) is 22.8 Å². The molecule has 0 spiro atoms. The van der Waals surface area contributed by atoms with Gasteiger partial charge in [0.1, 0.15) is 21.4 Å². The van der Waals surface area contributed by atoms with Crippen LogP contribution in [0.1, 0.15) is 57.0 Å². The molecule has 3 aromatic heterocycles. The Labute approximate surface area is 201 Å². The van der Waals surface area contributed by atoms with Gasteiger partial charge in [-0.05, 0) is 19.4 Å². The number of imidazole rings is 1. The zero-order chi connectivity index (χ0) is 25.0. The molecule has 0 fully saturated rings. The van der Waals surface area contributed by atoms with Crippen molar-refractivity contribution < 1.29 is 22.8 Å². The highest BCUT2D eigenvalue weighted by Gasteiger charge is 2.34. The molecule has 34 heavy (non-hydrogen) atoms. The molecular formula is C20H21ClF3N7O2S. The Hall–Kier alpha value is -3.19. The van der Waals surface area contributed by atoms with E-state index in [1.807, 2.05) is 6.92 Å². The number of carbonyl (C=O) groups excluding carboxylic acids is 2. The van der Waals surface area contributed by atoms with Crippen LogP contribution in [0, 0.1) is 0 Å². The summed E-state index contributed by atoms with van der Waals surface area (Å²) in [5.74, 6) is -0.805. The SMILES string of the molecule is CCCNc1ncc(C(=O)N[C@H](C)c2ncc(C(=O)Nc3cc(C(F)(F)F)c(Cl)cn3)s2)n1C. The first-order valence-electron chi connectivity index (χ1n) is 10.1. The van der Waals surface area contributed by atoms with Crippen LogP contribution in [0.5, 0.6) is 0 Å². The highest BCUT2D eigenvalue weighted by Crippen LogP contribution is 2.35. The van der Waals surface area contributed by atoms with Crippen molar-refractivity contribution in [1.29, 1.82) is 0 Å². The molecule has 0 aromatic carbocycles. The number of nitrogens with one attached hydrogen (secondary N) is 3. The molecule has 0 aliphatic heterocycles. The van der Waals surface area contributed by atoms with Crippen LogP contribution in [0.3, 0.4) is 0 Å². The van der Waals surface area contributed by atoms with E-state index in [-0.39, 0.29) is 16.6 Å². The lowest BCUT2D eigenvalue weighted by atomic mass is 10.2. The van der Waals surface area contributed by atoms with Gasteiger partial charge in [0.05, 0.1) is 29.0 Å². The zero-order valence-electron chi connectivity index (χ0n) is 18.3. The standard InChI is InChI=1S/C20H21ClF3N7O2S/c1-4-5-25-19-28-8-13(31(19)3)16(32)29-10(2)18-27-9-14(34-18)17(33)30-15-6-11(20(22,23)24)12(21)7-26-15/h6-10H,4-5H2,1-3H3,(H,25,28)(H,29,32)(H,26,30,33)/t10-/m1/s1. The van der Waals surface area contributed by atoms with Gasteiger partial charge in [-0.2, -0.15) is 13.2 Å². The summed E-state index contributed by atoms with van der Waals surface area (Å²) in [6.07, 6.45) is -0.240. The average Bonchev–Trinajstić information content (AvgIpc) is 3.40. The Morgan fingerprint density at radius 2 is 1.91 bits per heavy atom. The molecule has 14 heteroatoms. The van der Waals surface area contributed by atoms with Crippen molar-refractivity contribution in [2.75, 3.05) is 17.2 Å². The van der Waals surface area contributed by atoms with Crippen molar-refractivity contribution in [3.8, 4) is 0 Å². The molecule has 0 radical (unpaired) electrons. The molecule has 3 rings (SSSR count). The Bertz CT molecular complexity index is 1200. The van der Waals surface area contributed by atoms with Crippen LogP contribution >= 0.6 is 22.9 Å². The van der Waals surface area contributed by atoms with Gasteiger partial charge in [-0.15, -0.1) is 11.3 Å². The molecule has 9 nitrogen and oxygen atoms in total. The van der Waals surface area contributed by atoms with E-state index in [1.165, 1.54) is 12.4 Å². The molecule has 0 aliphatic carbocycles. The lowest BCUT2D eigenvalue weighted by Gasteiger charge is -2.12. The van der Waals surface area contributed by atoms with Crippen LogP contribution in [0.25, 0.3) is 0 Å². The van der Waals surface area contributed by atoms with Crippen LogP contribution in [0.2, 0.25) is 5.02 Å². The van der Waals surface area contributed by atoms with Crippen molar-refractivity contribution in [3.63, 3.8) is 0 Å². The second-order valence-corrected chi connectivity index (χ2v) is 8.68. The monoisotopic (exact) mass is 515 g/mol. The van der Waals surface area contributed by atoms with Gasteiger partial charge in [0, 0.05) is 19.8 Å². The molecule has 3 aromatic rings. The topological polar surface area (TPSA) is 114 Å². The lowest BCUT2D eigenvalue weighted by molar-refractivity contribution is -0.137. The summed E-state index contributed by atoms with van der Waals surface area (Å²) in [4.78, 5) is 37.3. The third kappa shape index (κ3) is 5.83. The fraction of sp³-hybridized carbons (Fsp3) is 0.350. The quantitative estimate of drug-likeness (QED) is 0.407. The number of pyridine rings is 1. The molecule has 0 unspecified atom stereocenters. The smallest absolute Gasteiger partial charge is 0.356 e. The maximum Gasteiger partial charge on any atom is 0.418 e. The minimum atomic E-state index is -4.69. The number of hydrogen-bond donors (Lipinski definition) is 3. The zero-order valence-corrected chi connectivity index (χ0v) is 19.9. The summed E-state index contributed by atoms with van der Waals surface area (Å²) in [6.45, 7) is 4.43. The van der Waals surface area contributed by atoms with Crippen molar-refractivity contribution >= 4 is 46.5 Å². The van der Waals surface area contributed by atoms with Crippen LogP contribution in [-0.2, 0) is 13.2 Å². The third-order valence-electron chi connectivity index (χ3n) is 4.62. The minimum Gasteiger partial charge on any atom is -0.356 e. The van der Waals surface area contributed by atoms with E-state index in [4.69, 9.17) is 11.6 Å². The van der Waals surface area contributed by atoms with Crippen molar-refractivity contribution in [3.05, 3.63) is 50.8 Å². The number of halogens is 4. The van der Waals surface area contributed by atoms with Gasteiger partial charge in [-0.1, -0.05) is 18.5 Å². The van der Waals surface area contributed by atoms with Crippen LogP contribution in [0.15, 0.2) is 24.7 Å². The number of nitrogens with zero attached hydrogens (tertiary/aromatic N) is 4. The van der Waals surface area contributed by atoms with E-state index >= 15 is 0 Å². The second-order valence-electron chi connectivity index (χ2n) is 7.21. The van der Waals surface area contributed by atoms with Gasteiger partial charge in [0.15, 0.2) is 0 Å². The maximum absolute atomic E-state index is 13.0. The first-order valence-corrected chi connectivity index (χ1v) is 11.3. The normalized spacial score (nSPS) is 12.3. The lowest BCUT2D eigenvalue weighted by Crippen LogP contribution is -2.28. The van der Waals surface area contributed by atoms with Gasteiger partial charge in [0.25, 0.3) is 11.8 Å². The first-order chi connectivity index (χ1) is 16.0. The highest BCUT2D eigenvalue weighted by molar-refractivity contribution is 7.13. The van der Waals surface area contributed by atoms with Gasteiger partial charge >= 0.3 is 6.18 Å². The first kappa shape index (κ1) is 25.4. The molecule has 2 amide bonds. The van der Waals surface area contributed by atoms with Gasteiger partial charge < -0.3 is 20.5 Å². The predicted molar refractivity (Wildman–Crippen MR) is 122 cm³/mol. The van der Waals surface area contributed by atoms with E-state index in [0.717, 1.165) is 30.5 Å². The van der Waals surface area contributed by atoms with E-state index in [2.05, 4.69) is 30.9 Å². The molecule has 3 heterocycles. The number of anilines is 2. The largest absolute Gasteiger partial charge is 0.418 e. The van der Waals surface area contributed by atoms with E-state index < -0.39 is 28.7 Å². The number of alkyl halides is 3. The fourth-order valence-corrected chi connectivity index (χ4v) is 3.87. The van der Waals surface area contributed by atoms with Gasteiger partial charge in [0.2, 0.25) is 5.95 Å². The highest BCUT2D eigenvalue weighted by atomic mass is 35.5. The van der Waals surface area contributed by atoms with E-state index in [1.54, 1.807) is 18.5 Å². The summed E-state index contributed by atoms with van der Waals surface area (Å²) in [5, 5.41) is 8.07. The molecule has 0 saturated heterocycles. The third-order valence-corrected chi connectivity index (χ3v) is 6.10. The number of thiazole rings is 1. The summed E-state index contributed by atoms with van der Waals surface area (Å²) < 4.78 is 40.7. The van der Waals surface area contributed by atoms with E-state index in [0.29, 0.717) is 22.7 Å². The van der Waals surface area contributed by atoms with Crippen LogP contribution < -0.4 is 16.0 Å². The Morgan fingerprint density at radius 3 is 2.59 bits per heavy atom. The Kier molecular flexibility index (Phi) is 7.77. The number of hydrogen-bond acceptors (Lipinski definition) is 7. The van der Waals surface area contributed by atoms with Crippen molar-refractivity contribution in [2.45, 2.75) is 32.5 Å². The number of aromatic nitrogens is 4. The summed E-state index contributed by atoms with van der Waals surface area (Å²) in [5.41, 5.74) is -0.765. The minimum absolute atomic E-state index is 0.132.